The van der Waals surface area contributed by atoms with Crippen LogP contribution in [0.3, 0.4) is 0 Å². The molecule has 1 aliphatic rings. The Balaban J connectivity index is 1.65. The molecule has 1 aliphatic heterocycles. The number of aryl methyl sites for hydroxylation is 2. The Bertz CT molecular complexity index is 832. The van der Waals surface area contributed by atoms with E-state index in [1.165, 1.54) is 17.4 Å². The third-order valence-corrected chi connectivity index (χ3v) is 5.02. The van der Waals surface area contributed by atoms with Gasteiger partial charge in [0.25, 0.3) is 11.8 Å². The SMILES string of the molecule is Cc1cc(C(=O)N2CCN(C(=O)c3ccc(C)s3)CC2)cc(=O)[nH]1. The lowest BCUT2D eigenvalue weighted by atomic mass is 10.2. The second kappa shape index (κ2) is 6.60. The maximum absolute atomic E-state index is 12.5. The highest BCUT2D eigenvalue weighted by Gasteiger charge is 2.26. The summed E-state index contributed by atoms with van der Waals surface area (Å²) in [6.07, 6.45) is 0. The molecular formula is C17H19N3O3S. The summed E-state index contributed by atoms with van der Waals surface area (Å²) >= 11 is 1.49. The van der Waals surface area contributed by atoms with E-state index in [9.17, 15) is 14.4 Å². The molecule has 0 radical (unpaired) electrons. The first kappa shape index (κ1) is 16.4. The Hall–Kier alpha value is -2.41. The van der Waals surface area contributed by atoms with Gasteiger partial charge in [0, 0.05) is 48.4 Å². The van der Waals surface area contributed by atoms with Gasteiger partial charge in [0.15, 0.2) is 0 Å². The molecule has 3 heterocycles. The molecule has 3 rings (SSSR count). The number of pyridine rings is 1. The molecule has 0 saturated carbocycles. The van der Waals surface area contributed by atoms with Crippen molar-refractivity contribution in [2.24, 2.45) is 0 Å². The minimum Gasteiger partial charge on any atom is -0.335 e. The van der Waals surface area contributed by atoms with Crippen LogP contribution < -0.4 is 5.56 Å². The van der Waals surface area contributed by atoms with E-state index in [1.807, 2.05) is 19.1 Å². The summed E-state index contributed by atoms with van der Waals surface area (Å²) in [6, 6.07) is 6.78. The van der Waals surface area contributed by atoms with Crippen molar-refractivity contribution in [1.82, 2.24) is 14.8 Å². The van der Waals surface area contributed by atoms with Crippen molar-refractivity contribution in [2.75, 3.05) is 26.2 Å². The average Bonchev–Trinajstić information content (AvgIpc) is 2.99. The number of piperazine rings is 1. The highest BCUT2D eigenvalue weighted by atomic mass is 32.1. The molecule has 0 unspecified atom stereocenters. The molecule has 0 spiro atoms. The summed E-state index contributed by atoms with van der Waals surface area (Å²) in [5.41, 5.74) is 0.776. The smallest absolute Gasteiger partial charge is 0.264 e. The van der Waals surface area contributed by atoms with Gasteiger partial charge in [-0.15, -0.1) is 11.3 Å². The van der Waals surface area contributed by atoms with Crippen LogP contribution in [-0.2, 0) is 0 Å². The van der Waals surface area contributed by atoms with E-state index in [-0.39, 0.29) is 17.4 Å². The number of hydrogen-bond acceptors (Lipinski definition) is 4. The molecule has 2 aromatic rings. The van der Waals surface area contributed by atoms with Crippen LogP contribution in [0.4, 0.5) is 0 Å². The van der Waals surface area contributed by atoms with Gasteiger partial charge in [-0.2, -0.15) is 0 Å². The Morgan fingerprint density at radius 1 is 1.00 bits per heavy atom. The van der Waals surface area contributed by atoms with E-state index < -0.39 is 0 Å². The first-order chi connectivity index (χ1) is 11.4. The zero-order valence-electron chi connectivity index (χ0n) is 13.7. The maximum atomic E-state index is 12.5. The Morgan fingerprint density at radius 3 is 2.17 bits per heavy atom. The number of rotatable bonds is 2. The predicted octanol–water partition coefficient (Wildman–Crippen LogP) is 1.65. The number of carbonyl (C=O) groups excluding carboxylic acids is 2. The van der Waals surface area contributed by atoms with Gasteiger partial charge in [0.05, 0.1) is 4.88 Å². The van der Waals surface area contributed by atoms with Crippen molar-refractivity contribution in [3.8, 4) is 0 Å². The molecule has 2 amide bonds. The first-order valence-corrected chi connectivity index (χ1v) is 8.61. The van der Waals surface area contributed by atoms with Crippen LogP contribution in [0.25, 0.3) is 0 Å². The van der Waals surface area contributed by atoms with Crippen LogP contribution in [0.15, 0.2) is 29.1 Å². The number of aromatic nitrogens is 1. The lowest BCUT2D eigenvalue weighted by molar-refractivity contribution is 0.0538. The summed E-state index contributed by atoms with van der Waals surface area (Å²) in [4.78, 5) is 44.4. The van der Waals surface area contributed by atoms with Gasteiger partial charge >= 0.3 is 0 Å². The Labute approximate surface area is 143 Å². The largest absolute Gasteiger partial charge is 0.335 e. The minimum atomic E-state index is -0.278. The highest BCUT2D eigenvalue weighted by Crippen LogP contribution is 2.18. The molecule has 6 nitrogen and oxygen atoms in total. The van der Waals surface area contributed by atoms with Gasteiger partial charge in [-0.3, -0.25) is 14.4 Å². The molecule has 2 aromatic heterocycles. The second-order valence-corrected chi connectivity index (χ2v) is 7.20. The maximum Gasteiger partial charge on any atom is 0.264 e. The van der Waals surface area contributed by atoms with E-state index in [2.05, 4.69) is 4.98 Å². The topological polar surface area (TPSA) is 73.5 Å². The summed E-state index contributed by atoms with van der Waals surface area (Å²) in [5.74, 6) is -0.143. The Morgan fingerprint density at radius 2 is 1.62 bits per heavy atom. The van der Waals surface area contributed by atoms with Gasteiger partial charge in [0.2, 0.25) is 5.56 Å². The normalized spacial score (nSPS) is 14.8. The van der Waals surface area contributed by atoms with Gasteiger partial charge in [-0.1, -0.05) is 0 Å². The molecule has 1 saturated heterocycles. The molecule has 24 heavy (non-hydrogen) atoms. The molecule has 126 valence electrons. The number of amides is 2. The molecule has 1 N–H and O–H groups in total. The fourth-order valence-electron chi connectivity index (χ4n) is 2.81. The van der Waals surface area contributed by atoms with E-state index >= 15 is 0 Å². The van der Waals surface area contributed by atoms with Crippen LogP contribution in [0.1, 0.15) is 30.6 Å². The van der Waals surface area contributed by atoms with Gasteiger partial charge in [-0.25, -0.2) is 0 Å². The number of thiophene rings is 1. The molecular weight excluding hydrogens is 326 g/mol. The van der Waals surface area contributed by atoms with Crippen LogP contribution >= 0.6 is 11.3 Å². The number of nitrogens with one attached hydrogen (secondary N) is 1. The van der Waals surface area contributed by atoms with E-state index in [1.54, 1.807) is 22.8 Å². The lowest BCUT2D eigenvalue weighted by Gasteiger charge is -2.34. The van der Waals surface area contributed by atoms with E-state index in [4.69, 9.17) is 0 Å². The third kappa shape index (κ3) is 3.41. The van der Waals surface area contributed by atoms with E-state index in [0.29, 0.717) is 37.4 Å². The standard InChI is InChI=1S/C17H19N3O3S/c1-11-9-13(10-15(21)18-11)16(22)19-5-7-20(8-6-19)17(23)14-4-3-12(2)24-14/h3-4,9-10H,5-8H2,1-2H3,(H,18,21). The quantitative estimate of drug-likeness (QED) is 0.899. The summed E-state index contributed by atoms with van der Waals surface area (Å²) in [7, 11) is 0. The number of nitrogens with zero attached hydrogens (tertiary/aromatic N) is 2. The monoisotopic (exact) mass is 345 g/mol. The molecule has 7 heteroatoms. The summed E-state index contributed by atoms with van der Waals surface area (Å²) in [5, 5.41) is 0. The number of aromatic amines is 1. The number of H-pyrrole nitrogens is 1. The molecule has 0 aromatic carbocycles. The van der Waals surface area contributed by atoms with E-state index in [0.717, 1.165) is 9.75 Å². The van der Waals surface area contributed by atoms with Crippen LogP contribution in [0, 0.1) is 13.8 Å². The van der Waals surface area contributed by atoms with Crippen molar-refractivity contribution in [3.63, 3.8) is 0 Å². The van der Waals surface area contributed by atoms with Crippen LogP contribution in [0.2, 0.25) is 0 Å². The third-order valence-electron chi connectivity index (χ3n) is 4.03. The first-order valence-electron chi connectivity index (χ1n) is 7.80. The minimum absolute atomic E-state index is 0.0206. The van der Waals surface area contributed by atoms with Gasteiger partial charge in [0.1, 0.15) is 0 Å². The van der Waals surface area contributed by atoms with Crippen LogP contribution in [0.5, 0.6) is 0 Å². The molecule has 1 fully saturated rings. The van der Waals surface area contributed by atoms with Gasteiger partial charge in [-0.05, 0) is 32.0 Å². The molecule has 0 aliphatic carbocycles. The van der Waals surface area contributed by atoms with Crippen molar-refractivity contribution in [2.45, 2.75) is 13.8 Å². The van der Waals surface area contributed by atoms with Crippen molar-refractivity contribution >= 4 is 23.2 Å². The average molecular weight is 345 g/mol. The fraction of sp³-hybridized carbons (Fsp3) is 0.353. The van der Waals surface area contributed by atoms with Crippen LogP contribution in [-0.4, -0.2) is 52.8 Å². The molecule has 0 bridgehead atoms. The Kier molecular flexibility index (Phi) is 4.53. The molecule has 0 atom stereocenters. The van der Waals surface area contributed by atoms with Crippen molar-refractivity contribution < 1.29 is 9.59 Å². The lowest BCUT2D eigenvalue weighted by Crippen LogP contribution is -2.50. The number of carbonyl (C=O) groups is 2. The fourth-order valence-corrected chi connectivity index (χ4v) is 3.64. The summed E-state index contributed by atoms with van der Waals surface area (Å²) < 4.78 is 0. The summed E-state index contributed by atoms with van der Waals surface area (Å²) in [6.45, 7) is 5.67. The zero-order valence-corrected chi connectivity index (χ0v) is 14.5. The van der Waals surface area contributed by atoms with Crippen molar-refractivity contribution in [1.29, 1.82) is 0 Å². The predicted molar refractivity (Wildman–Crippen MR) is 92.7 cm³/mol. The zero-order chi connectivity index (χ0) is 17.3. The van der Waals surface area contributed by atoms with Crippen molar-refractivity contribution in [3.05, 3.63) is 55.6 Å². The highest BCUT2D eigenvalue weighted by molar-refractivity contribution is 7.13. The second-order valence-electron chi connectivity index (χ2n) is 5.91. The van der Waals surface area contributed by atoms with Gasteiger partial charge < -0.3 is 14.8 Å². The number of hydrogen-bond donors (Lipinski definition) is 1.